The molecule has 3 nitrogen and oxygen atoms in total. The zero-order valence-electron chi connectivity index (χ0n) is 9.78. The fourth-order valence-electron chi connectivity index (χ4n) is 2.99. The highest BCUT2D eigenvalue weighted by Gasteiger charge is 2.28. The second-order valence-corrected chi connectivity index (χ2v) is 5.15. The van der Waals surface area contributed by atoms with E-state index in [9.17, 15) is 5.11 Å². The van der Waals surface area contributed by atoms with Crippen LogP contribution in [0.25, 0.3) is 0 Å². The molecule has 2 atom stereocenters. The Morgan fingerprint density at radius 2 is 1.87 bits per heavy atom. The molecule has 1 saturated heterocycles. The Kier molecular flexibility index (Phi) is 4.00. The van der Waals surface area contributed by atoms with E-state index in [1.807, 2.05) is 0 Å². The molecular weight excluding hydrogens is 188 g/mol. The first kappa shape index (κ1) is 11.4. The Balaban J connectivity index is 1.96. The van der Waals surface area contributed by atoms with Gasteiger partial charge in [-0.2, -0.15) is 0 Å². The van der Waals surface area contributed by atoms with Gasteiger partial charge in [0.2, 0.25) is 0 Å². The van der Waals surface area contributed by atoms with Gasteiger partial charge in [0.25, 0.3) is 0 Å². The molecule has 15 heavy (non-hydrogen) atoms. The molecule has 0 radical (unpaired) electrons. The zero-order chi connectivity index (χ0) is 10.7. The van der Waals surface area contributed by atoms with Crippen molar-refractivity contribution in [1.29, 1.82) is 0 Å². The van der Waals surface area contributed by atoms with Gasteiger partial charge in [-0.1, -0.05) is 19.3 Å². The Labute approximate surface area is 92.8 Å². The SMILES string of the molecule is CC1CNCC(O)CN1C1CCCCC1. The zero-order valence-corrected chi connectivity index (χ0v) is 9.78. The van der Waals surface area contributed by atoms with Crippen LogP contribution < -0.4 is 5.32 Å². The van der Waals surface area contributed by atoms with Crippen molar-refractivity contribution in [2.45, 2.75) is 57.2 Å². The van der Waals surface area contributed by atoms with E-state index in [1.165, 1.54) is 32.1 Å². The molecule has 2 N–H and O–H groups in total. The molecule has 0 aromatic heterocycles. The van der Waals surface area contributed by atoms with Crippen molar-refractivity contribution in [1.82, 2.24) is 10.2 Å². The van der Waals surface area contributed by atoms with E-state index in [-0.39, 0.29) is 6.10 Å². The molecule has 1 heterocycles. The van der Waals surface area contributed by atoms with Crippen LogP contribution in [-0.2, 0) is 0 Å². The lowest BCUT2D eigenvalue weighted by molar-refractivity contribution is 0.0669. The van der Waals surface area contributed by atoms with E-state index in [2.05, 4.69) is 17.1 Å². The highest BCUT2D eigenvalue weighted by atomic mass is 16.3. The number of β-amino-alcohol motifs (C(OH)–C–C–N with tert-alkyl or cyclic N) is 1. The topological polar surface area (TPSA) is 35.5 Å². The van der Waals surface area contributed by atoms with Gasteiger partial charge in [0.15, 0.2) is 0 Å². The average Bonchev–Trinajstić information content (AvgIpc) is 2.42. The van der Waals surface area contributed by atoms with Crippen molar-refractivity contribution in [2.24, 2.45) is 0 Å². The van der Waals surface area contributed by atoms with E-state index >= 15 is 0 Å². The minimum Gasteiger partial charge on any atom is -0.390 e. The molecule has 2 unspecified atom stereocenters. The van der Waals surface area contributed by atoms with Crippen molar-refractivity contribution in [3.8, 4) is 0 Å². The van der Waals surface area contributed by atoms with Crippen molar-refractivity contribution < 1.29 is 5.11 Å². The summed E-state index contributed by atoms with van der Waals surface area (Å²) in [5.74, 6) is 0. The van der Waals surface area contributed by atoms with Gasteiger partial charge < -0.3 is 10.4 Å². The van der Waals surface area contributed by atoms with E-state index in [4.69, 9.17) is 0 Å². The molecule has 0 bridgehead atoms. The van der Waals surface area contributed by atoms with Crippen LogP contribution in [0, 0.1) is 0 Å². The van der Waals surface area contributed by atoms with Gasteiger partial charge in [0.05, 0.1) is 6.10 Å². The molecular formula is C12H24N2O. The van der Waals surface area contributed by atoms with E-state index in [0.29, 0.717) is 6.04 Å². The maximum Gasteiger partial charge on any atom is 0.0791 e. The maximum absolute atomic E-state index is 9.80. The fourth-order valence-corrected chi connectivity index (χ4v) is 2.99. The van der Waals surface area contributed by atoms with Crippen molar-refractivity contribution in [2.75, 3.05) is 19.6 Å². The van der Waals surface area contributed by atoms with Crippen molar-refractivity contribution in [3.63, 3.8) is 0 Å². The van der Waals surface area contributed by atoms with E-state index in [0.717, 1.165) is 25.7 Å². The number of nitrogens with one attached hydrogen (secondary N) is 1. The van der Waals surface area contributed by atoms with Gasteiger partial charge in [0.1, 0.15) is 0 Å². The van der Waals surface area contributed by atoms with E-state index < -0.39 is 0 Å². The second-order valence-electron chi connectivity index (χ2n) is 5.15. The summed E-state index contributed by atoms with van der Waals surface area (Å²) in [5.41, 5.74) is 0. The molecule has 0 amide bonds. The van der Waals surface area contributed by atoms with Crippen LogP contribution in [-0.4, -0.2) is 47.8 Å². The number of rotatable bonds is 1. The third-order valence-electron chi connectivity index (χ3n) is 3.85. The normalized spacial score (nSPS) is 36.4. The number of aliphatic hydroxyl groups is 1. The lowest BCUT2D eigenvalue weighted by Crippen LogP contribution is -2.46. The maximum atomic E-state index is 9.80. The molecule has 2 aliphatic rings. The van der Waals surface area contributed by atoms with Crippen LogP contribution >= 0.6 is 0 Å². The first-order valence-electron chi connectivity index (χ1n) is 6.42. The van der Waals surface area contributed by atoms with Crippen molar-refractivity contribution in [3.05, 3.63) is 0 Å². The first-order valence-corrected chi connectivity index (χ1v) is 6.42. The molecule has 0 aromatic rings. The summed E-state index contributed by atoms with van der Waals surface area (Å²) in [6.45, 7) is 4.92. The largest absolute Gasteiger partial charge is 0.390 e. The summed E-state index contributed by atoms with van der Waals surface area (Å²) in [6.07, 6.45) is 6.62. The minimum absolute atomic E-state index is 0.183. The molecule has 1 saturated carbocycles. The third-order valence-corrected chi connectivity index (χ3v) is 3.85. The first-order chi connectivity index (χ1) is 7.27. The fraction of sp³-hybridized carbons (Fsp3) is 1.00. The summed E-state index contributed by atoms with van der Waals surface area (Å²) in [4.78, 5) is 2.53. The summed E-state index contributed by atoms with van der Waals surface area (Å²) in [6, 6.07) is 1.30. The molecule has 0 spiro atoms. The molecule has 1 aliphatic carbocycles. The summed E-state index contributed by atoms with van der Waals surface area (Å²) in [7, 11) is 0. The van der Waals surface area contributed by atoms with Crippen LogP contribution in [0.15, 0.2) is 0 Å². The van der Waals surface area contributed by atoms with Gasteiger partial charge in [0, 0.05) is 31.7 Å². The van der Waals surface area contributed by atoms with Crippen LogP contribution in [0.2, 0.25) is 0 Å². The average molecular weight is 212 g/mol. The van der Waals surface area contributed by atoms with Gasteiger partial charge in [-0.25, -0.2) is 0 Å². The molecule has 1 aliphatic heterocycles. The van der Waals surface area contributed by atoms with Crippen LogP contribution in [0.4, 0.5) is 0 Å². The van der Waals surface area contributed by atoms with Crippen LogP contribution in [0.3, 0.4) is 0 Å². The lowest BCUT2D eigenvalue weighted by Gasteiger charge is -2.37. The predicted octanol–water partition coefficient (Wildman–Crippen LogP) is 0.974. The standard InChI is InChI=1S/C12H24N2O/c1-10-7-13-8-12(15)9-14(10)11-5-3-2-4-6-11/h10-13,15H,2-9H2,1H3. The van der Waals surface area contributed by atoms with Gasteiger partial charge >= 0.3 is 0 Å². The molecule has 2 fully saturated rings. The Bertz CT molecular complexity index is 192. The highest BCUT2D eigenvalue weighted by Crippen LogP contribution is 2.24. The summed E-state index contributed by atoms with van der Waals surface area (Å²) < 4.78 is 0. The highest BCUT2D eigenvalue weighted by molar-refractivity contribution is 4.85. The van der Waals surface area contributed by atoms with Gasteiger partial charge in [-0.3, -0.25) is 4.90 Å². The number of hydrogen-bond acceptors (Lipinski definition) is 3. The molecule has 3 heteroatoms. The quantitative estimate of drug-likeness (QED) is 0.680. The molecule has 0 aromatic carbocycles. The lowest BCUT2D eigenvalue weighted by atomic mass is 9.93. The molecule has 2 rings (SSSR count). The van der Waals surface area contributed by atoms with Crippen LogP contribution in [0.5, 0.6) is 0 Å². The Hall–Kier alpha value is -0.120. The number of hydrogen-bond donors (Lipinski definition) is 2. The number of aliphatic hydroxyl groups excluding tert-OH is 1. The summed E-state index contributed by atoms with van der Waals surface area (Å²) >= 11 is 0. The third kappa shape index (κ3) is 2.92. The number of nitrogens with zero attached hydrogens (tertiary/aromatic N) is 1. The molecule has 88 valence electrons. The Morgan fingerprint density at radius 1 is 1.13 bits per heavy atom. The summed E-state index contributed by atoms with van der Waals surface area (Å²) in [5, 5.41) is 13.1. The van der Waals surface area contributed by atoms with Crippen LogP contribution in [0.1, 0.15) is 39.0 Å². The van der Waals surface area contributed by atoms with E-state index in [1.54, 1.807) is 0 Å². The van der Waals surface area contributed by atoms with Gasteiger partial charge in [-0.15, -0.1) is 0 Å². The Morgan fingerprint density at radius 3 is 2.60 bits per heavy atom. The predicted molar refractivity (Wildman–Crippen MR) is 61.9 cm³/mol. The van der Waals surface area contributed by atoms with Crippen molar-refractivity contribution >= 4 is 0 Å². The smallest absolute Gasteiger partial charge is 0.0791 e. The van der Waals surface area contributed by atoms with Gasteiger partial charge in [-0.05, 0) is 19.8 Å². The minimum atomic E-state index is -0.183. The second kappa shape index (κ2) is 5.28. The monoisotopic (exact) mass is 212 g/mol.